The standard InChI is InChI=1S/C19H21N5O/c1-14-7-9-15(10-8-14)13-18-22-17(23-24-18)11-12-20-19(25)21-16-5-3-2-4-6-16/h2-10H,11-13H2,1H3,(H2,20,21,25)(H,22,23,24). The number of carbonyl (C=O) groups is 1. The van der Waals surface area contributed by atoms with Crippen molar-refractivity contribution >= 4 is 11.7 Å². The summed E-state index contributed by atoms with van der Waals surface area (Å²) in [7, 11) is 0. The molecule has 6 nitrogen and oxygen atoms in total. The summed E-state index contributed by atoms with van der Waals surface area (Å²) in [6, 6.07) is 17.4. The highest BCUT2D eigenvalue weighted by Gasteiger charge is 2.06. The van der Waals surface area contributed by atoms with Crippen LogP contribution in [0.4, 0.5) is 10.5 Å². The molecule has 2 aromatic carbocycles. The number of nitrogens with zero attached hydrogens (tertiary/aromatic N) is 2. The highest BCUT2D eigenvalue weighted by Crippen LogP contribution is 2.08. The van der Waals surface area contributed by atoms with Gasteiger partial charge in [0.1, 0.15) is 5.82 Å². The molecule has 0 saturated carbocycles. The van der Waals surface area contributed by atoms with E-state index in [1.54, 1.807) is 0 Å². The van der Waals surface area contributed by atoms with Gasteiger partial charge in [-0.15, -0.1) is 0 Å². The molecule has 6 heteroatoms. The molecule has 0 unspecified atom stereocenters. The number of rotatable bonds is 6. The number of carbonyl (C=O) groups excluding carboxylic acids is 1. The fourth-order valence-electron chi connectivity index (χ4n) is 2.41. The van der Waals surface area contributed by atoms with Gasteiger partial charge in [0.15, 0.2) is 5.82 Å². The number of anilines is 1. The van der Waals surface area contributed by atoms with Gasteiger partial charge < -0.3 is 10.6 Å². The average Bonchev–Trinajstić information content (AvgIpc) is 3.05. The van der Waals surface area contributed by atoms with Crippen LogP contribution in [0.3, 0.4) is 0 Å². The van der Waals surface area contributed by atoms with Gasteiger partial charge in [-0.2, -0.15) is 5.10 Å². The van der Waals surface area contributed by atoms with E-state index in [2.05, 4.69) is 57.0 Å². The number of aromatic amines is 1. The fourth-order valence-corrected chi connectivity index (χ4v) is 2.41. The number of nitrogens with one attached hydrogen (secondary N) is 3. The van der Waals surface area contributed by atoms with E-state index in [1.807, 2.05) is 30.3 Å². The predicted octanol–water partition coefficient (Wildman–Crippen LogP) is 3.07. The van der Waals surface area contributed by atoms with Crippen LogP contribution in [0.15, 0.2) is 54.6 Å². The zero-order valence-electron chi connectivity index (χ0n) is 14.1. The van der Waals surface area contributed by atoms with Gasteiger partial charge in [-0.05, 0) is 24.6 Å². The van der Waals surface area contributed by atoms with Crippen LogP contribution < -0.4 is 10.6 Å². The minimum atomic E-state index is -0.235. The van der Waals surface area contributed by atoms with Crippen LogP contribution in [-0.4, -0.2) is 27.8 Å². The first-order chi connectivity index (χ1) is 12.2. The van der Waals surface area contributed by atoms with Crippen molar-refractivity contribution in [3.8, 4) is 0 Å². The Balaban J connectivity index is 1.44. The van der Waals surface area contributed by atoms with E-state index in [0.717, 1.165) is 17.9 Å². The molecule has 3 N–H and O–H groups in total. The normalized spacial score (nSPS) is 10.4. The topological polar surface area (TPSA) is 82.7 Å². The van der Waals surface area contributed by atoms with Crippen LogP contribution in [0.1, 0.15) is 22.8 Å². The molecule has 1 aromatic heterocycles. The van der Waals surface area contributed by atoms with Gasteiger partial charge in [-0.1, -0.05) is 48.0 Å². The molecule has 0 spiro atoms. The molecule has 128 valence electrons. The van der Waals surface area contributed by atoms with Crippen LogP contribution in [-0.2, 0) is 12.8 Å². The van der Waals surface area contributed by atoms with E-state index < -0.39 is 0 Å². The third-order valence-electron chi connectivity index (χ3n) is 3.74. The van der Waals surface area contributed by atoms with Gasteiger partial charge in [0.2, 0.25) is 0 Å². The van der Waals surface area contributed by atoms with Crippen LogP contribution in [0.5, 0.6) is 0 Å². The Morgan fingerprint density at radius 2 is 1.84 bits per heavy atom. The average molecular weight is 335 g/mol. The molecular formula is C19H21N5O. The Labute approximate surface area is 146 Å². The molecule has 0 saturated heterocycles. The monoisotopic (exact) mass is 335 g/mol. The van der Waals surface area contributed by atoms with Gasteiger partial charge in [-0.25, -0.2) is 9.78 Å². The fraction of sp³-hybridized carbons (Fsp3) is 0.211. The summed E-state index contributed by atoms with van der Waals surface area (Å²) >= 11 is 0. The van der Waals surface area contributed by atoms with Crippen LogP contribution in [0.25, 0.3) is 0 Å². The number of urea groups is 1. The van der Waals surface area contributed by atoms with Crippen LogP contribution >= 0.6 is 0 Å². The van der Waals surface area contributed by atoms with E-state index in [0.29, 0.717) is 18.8 Å². The van der Waals surface area contributed by atoms with Crippen molar-refractivity contribution < 1.29 is 4.79 Å². The molecule has 3 rings (SSSR count). The molecule has 1 heterocycles. The lowest BCUT2D eigenvalue weighted by Crippen LogP contribution is -2.30. The second kappa shape index (κ2) is 8.10. The molecule has 0 aliphatic heterocycles. The number of amides is 2. The summed E-state index contributed by atoms with van der Waals surface area (Å²) in [6.07, 6.45) is 1.29. The summed E-state index contributed by atoms with van der Waals surface area (Å²) in [5.74, 6) is 1.52. The maximum absolute atomic E-state index is 11.8. The van der Waals surface area contributed by atoms with Gasteiger partial charge in [0, 0.05) is 25.1 Å². The molecule has 0 fully saturated rings. The summed E-state index contributed by atoms with van der Waals surface area (Å²) in [5, 5.41) is 12.7. The van der Waals surface area contributed by atoms with Gasteiger partial charge in [0.25, 0.3) is 0 Å². The van der Waals surface area contributed by atoms with E-state index in [1.165, 1.54) is 11.1 Å². The highest BCUT2D eigenvalue weighted by atomic mass is 16.2. The first-order valence-corrected chi connectivity index (χ1v) is 8.24. The number of hydrogen-bond acceptors (Lipinski definition) is 3. The Morgan fingerprint density at radius 1 is 1.08 bits per heavy atom. The molecule has 25 heavy (non-hydrogen) atoms. The second-order valence-corrected chi connectivity index (χ2v) is 5.86. The molecule has 3 aromatic rings. The van der Waals surface area contributed by atoms with Crippen molar-refractivity contribution in [3.63, 3.8) is 0 Å². The van der Waals surface area contributed by atoms with Gasteiger partial charge in [-0.3, -0.25) is 5.10 Å². The number of aryl methyl sites for hydroxylation is 1. The molecular weight excluding hydrogens is 314 g/mol. The van der Waals surface area contributed by atoms with Gasteiger partial charge >= 0.3 is 6.03 Å². The third kappa shape index (κ3) is 5.17. The zero-order valence-corrected chi connectivity index (χ0v) is 14.1. The summed E-state index contributed by atoms with van der Waals surface area (Å²) < 4.78 is 0. The van der Waals surface area contributed by atoms with Crippen molar-refractivity contribution in [1.29, 1.82) is 0 Å². The Bertz CT molecular complexity index is 811. The Morgan fingerprint density at radius 3 is 2.60 bits per heavy atom. The Kier molecular flexibility index (Phi) is 5.41. The number of para-hydroxylation sites is 1. The smallest absolute Gasteiger partial charge is 0.319 e. The largest absolute Gasteiger partial charge is 0.337 e. The van der Waals surface area contributed by atoms with Crippen molar-refractivity contribution in [3.05, 3.63) is 77.4 Å². The number of aromatic nitrogens is 3. The van der Waals surface area contributed by atoms with Crippen molar-refractivity contribution in [1.82, 2.24) is 20.5 Å². The first-order valence-electron chi connectivity index (χ1n) is 8.24. The number of benzene rings is 2. The van der Waals surface area contributed by atoms with E-state index in [9.17, 15) is 4.79 Å². The lowest BCUT2D eigenvalue weighted by atomic mass is 10.1. The molecule has 0 atom stereocenters. The molecule has 0 bridgehead atoms. The van der Waals surface area contributed by atoms with Gasteiger partial charge in [0.05, 0.1) is 0 Å². The molecule has 0 aliphatic carbocycles. The predicted molar refractivity (Wildman–Crippen MR) is 97.5 cm³/mol. The molecule has 0 aliphatic rings. The lowest BCUT2D eigenvalue weighted by Gasteiger charge is -2.06. The quantitative estimate of drug-likeness (QED) is 0.647. The lowest BCUT2D eigenvalue weighted by molar-refractivity contribution is 0.252. The molecule has 0 radical (unpaired) electrons. The van der Waals surface area contributed by atoms with Crippen molar-refractivity contribution in [2.24, 2.45) is 0 Å². The molecule has 2 amide bonds. The second-order valence-electron chi connectivity index (χ2n) is 5.86. The van der Waals surface area contributed by atoms with Crippen molar-refractivity contribution in [2.45, 2.75) is 19.8 Å². The number of hydrogen-bond donors (Lipinski definition) is 3. The minimum Gasteiger partial charge on any atom is -0.337 e. The van der Waals surface area contributed by atoms with E-state index >= 15 is 0 Å². The SMILES string of the molecule is Cc1ccc(Cc2nc(CCNC(=O)Nc3ccccc3)n[nH]2)cc1. The first kappa shape index (κ1) is 16.7. The van der Waals surface area contributed by atoms with E-state index in [-0.39, 0.29) is 6.03 Å². The van der Waals surface area contributed by atoms with Crippen molar-refractivity contribution in [2.75, 3.05) is 11.9 Å². The third-order valence-corrected chi connectivity index (χ3v) is 3.74. The summed E-state index contributed by atoms with van der Waals surface area (Å²) in [6.45, 7) is 2.54. The highest BCUT2D eigenvalue weighted by molar-refractivity contribution is 5.89. The van der Waals surface area contributed by atoms with Crippen LogP contribution in [0.2, 0.25) is 0 Å². The maximum Gasteiger partial charge on any atom is 0.319 e. The summed E-state index contributed by atoms with van der Waals surface area (Å²) in [5.41, 5.74) is 3.19. The van der Waals surface area contributed by atoms with E-state index in [4.69, 9.17) is 0 Å². The number of H-pyrrole nitrogens is 1. The van der Waals surface area contributed by atoms with Crippen LogP contribution in [0, 0.1) is 6.92 Å². The zero-order chi connectivity index (χ0) is 17.5. The maximum atomic E-state index is 11.8. The summed E-state index contributed by atoms with van der Waals surface area (Å²) in [4.78, 5) is 16.3. The minimum absolute atomic E-state index is 0.235. The Hall–Kier alpha value is -3.15.